The van der Waals surface area contributed by atoms with E-state index in [4.69, 9.17) is 4.74 Å². The van der Waals surface area contributed by atoms with Crippen molar-refractivity contribution in [3.8, 4) is 0 Å². The Kier molecular flexibility index (Phi) is 8.31. The number of nitrogens with zero attached hydrogens (tertiary/aromatic N) is 2. The molecule has 9 heteroatoms. The Morgan fingerprint density at radius 1 is 1.15 bits per heavy atom. The van der Waals surface area contributed by atoms with Crippen molar-refractivity contribution in [2.45, 2.75) is 18.0 Å². The van der Waals surface area contributed by atoms with Gasteiger partial charge in [-0.3, -0.25) is 4.99 Å². The standard InChI is InChI=1S/C18H27N5O3S/c1-19-18(20-8-12-23-10-3-4-11-23)21-15-16-6-5-7-17(14-16)27(24,25)22-9-13-26-2/h3-7,10-11,14,22H,8-9,12-13,15H2,1-2H3,(H2,19,20,21). The molecule has 0 aliphatic rings. The van der Waals surface area contributed by atoms with Crippen molar-refractivity contribution in [3.63, 3.8) is 0 Å². The Bertz CT molecular complexity index is 819. The number of guanidine groups is 1. The lowest BCUT2D eigenvalue weighted by atomic mass is 10.2. The van der Waals surface area contributed by atoms with Gasteiger partial charge >= 0.3 is 0 Å². The van der Waals surface area contributed by atoms with Gasteiger partial charge in [-0.25, -0.2) is 13.1 Å². The fourth-order valence-corrected chi connectivity index (χ4v) is 3.50. The van der Waals surface area contributed by atoms with Crippen LogP contribution in [0.25, 0.3) is 0 Å². The second kappa shape index (κ2) is 10.7. The maximum atomic E-state index is 12.3. The first-order valence-corrected chi connectivity index (χ1v) is 10.2. The number of ether oxygens (including phenoxy) is 1. The third kappa shape index (κ3) is 7.05. The van der Waals surface area contributed by atoms with E-state index in [-0.39, 0.29) is 11.4 Å². The summed E-state index contributed by atoms with van der Waals surface area (Å²) in [6.07, 6.45) is 4.01. The van der Waals surface area contributed by atoms with Crippen molar-refractivity contribution in [1.29, 1.82) is 0 Å². The van der Waals surface area contributed by atoms with Crippen LogP contribution < -0.4 is 15.4 Å². The highest BCUT2D eigenvalue weighted by molar-refractivity contribution is 7.89. The second-order valence-electron chi connectivity index (χ2n) is 5.81. The van der Waals surface area contributed by atoms with Gasteiger partial charge in [0.15, 0.2) is 5.96 Å². The number of methoxy groups -OCH3 is 1. The lowest BCUT2D eigenvalue weighted by Gasteiger charge is -2.13. The van der Waals surface area contributed by atoms with E-state index in [9.17, 15) is 8.42 Å². The number of benzene rings is 1. The summed E-state index contributed by atoms with van der Waals surface area (Å²) in [6, 6.07) is 10.8. The molecular formula is C18H27N5O3S. The van der Waals surface area contributed by atoms with Crippen LogP contribution in [-0.4, -0.2) is 52.8 Å². The molecule has 0 saturated carbocycles. The zero-order valence-electron chi connectivity index (χ0n) is 15.7. The fraction of sp³-hybridized carbons (Fsp3) is 0.389. The summed E-state index contributed by atoms with van der Waals surface area (Å²) in [5.74, 6) is 0.661. The molecule has 0 amide bonds. The average molecular weight is 394 g/mol. The van der Waals surface area contributed by atoms with E-state index in [1.165, 1.54) is 7.11 Å². The smallest absolute Gasteiger partial charge is 0.240 e. The lowest BCUT2D eigenvalue weighted by Crippen LogP contribution is -2.38. The first-order chi connectivity index (χ1) is 13.0. The highest BCUT2D eigenvalue weighted by Gasteiger charge is 2.13. The number of hydrogen-bond donors (Lipinski definition) is 3. The Balaban J connectivity index is 1.87. The molecule has 148 valence electrons. The summed E-state index contributed by atoms with van der Waals surface area (Å²) >= 11 is 0. The minimum Gasteiger partial charge on any atom is -0.383 e. The zero-order valence-corrected chi connectivity index (χ0v) is 16.5. The third-order valence-electron chi connectivity index (χ3n) is 3.82. The molecule has 0 aliphatic heterocycles. The predicted octanol–water partition coefficient (Wildman–Crippen LogP) is 0.778. The number of nitrogens with one attached hydrogen (secondary N) is 3. The van der Waals surface area contributed by atoms with Gasteiger partial charge in [0, 0.05) is 52.7 Å². The van der Waals surface area contributed by atoms with Crippen LogP contribution in [0, 0.1) is 0 Å². The molecule has 2 rings (SSSR count). The first kappa shape index (κ1) is 20.9. The predicted molar refractivity (Wildman–Crippen MR) is 106 cm³/mol. The van der Waals surface area contributed by atoms with Gasteiger partial charge in [-0.1, -0.05) is 12.1 Å². The van der Waals surface area contributed by atoms with Gasteiger partial charge < -0.3 is 19.9 Å². The summed E-state index contributed by atoms with van der Waals surface area (Å²) in [5, 5.41) is 6.42. The number of aliphatic imine (C=N–C) groups is 1. The molecule has 8 nitrogen and oxygen atoms in total. The third-order valence-corrected chi connectivity index (χ3v) is 5.28. The highest BCUT2D eigenvalue weighted by atomic mass is 32.2. The van der Waals surface area contributed by atoms with E-state index in [1.807, 2.05) is 30.6 Å². The largest absolute Gasteiger partial charge is 0.383 e. The van der Waals surface area contributed by atoms with E-state index >= 15 is 0 Å². The monoisotopic (exact) mass is 393 g/mol. The number of rotatable bonds is 10. The molecule has 1 heterocycles. The zero-order chi connectivity index (χ0) is 19.5. The van der Waals surface area contributed by atoms with Gasteiger partial charge in [0.25, 0.3) is 0 Å². The Labute approximate surface area is 160 Å². The topological polar surface area (TPSA) is 96.8 Å². The van der Waals surface area contributed by atoms with E-state index < -0.39 is 10.0 Å². The molecule has 0 fully saturated rings. The molecule has 27 heavy (non-hydrogen) atoms. The van der Waals surface area contributed by atoms with Crippen LogP contribution in [0.4, 0.5) is 0 Å². The van der Waals surface area contributed by atoms with Gasteiger partial charge in [-0.2, -0.15) is 0 Å². The first-order valence-electron chi connectivity index (χ1n) is 8.68. The van der Waals surface area contributed by atoms with Crippen LogP contribution in [0.1, 0.15) is 5.56 Å². The van der Waals surface area contributed by atoms with Crippen LogP contribution in [-0.2, 0) is 27.8 Å². The molecule has 0 radical (unpaired) electrons. The van der Waals surface area contributed by atoms with Crippen molar-refractivity contribution < 1.29 is 13.2 Å². The molecule has 1 aromatic carbocycles. The normalized spacial score (nSPS) is 12.1. The van der Waals surface area contributed by atoms with Gasteiger partial charge in [0.1, 0.15) is 0 Å². The molecule has 3 N–H and O–H groups in total. The van der Waals surface area contributed by atoms with Crippen LogP contribution >= 0.6 is 0 Å². The van der Waals surface area contributed by atoms with Crippen LogP contribution in [0.5, 0.6) is 0 Å². The number of hydrogen-bond acceptors (Lipinski definition) is 4. The maximum absolute atomic E-state index is 12.3. The minimum absolute atomic E-state index is 0.230. The molecule has 0 aliphatic carbocycles. The average Bonchev–Trinajstić information content (AvgIpc) is 3.18. The van der Waals surface area contributed by atoms with E-state index in [0.717, 1.165) is 18.7 Å². The Morgan fingerprint density at radius 3 is 2.63 bits per heavy atom. The summed E-state index contributed by atoms with van der Waals surface area (Å²) in [6.45, 7) is 2.58. The second-order valence-corrected chi connectivity index (χ2v) is 7.58. The summed E-state index contributed by atoms with van der Waals surface area (Å²) < 4.78 is 34.0. The highest BCUT2D eigenvalue weighted by Crippen LogP contribution is 2.11. The number of sulfonamides is 1. The lowest BCUT2D eigenvalue weighted by molar-refractivity contribution is 0.204. The maximum Gasteiger partial charge on any atom is 0.240 e. The van der Waals surface area contributed by atoms with Crippen molar-refractivity contribution in [2.24, 2.45) is 4.99 Å². The molecule has 0 bridgehead atoms. The molecule has 0 unspecified atom stereocenters. The summed E-state index contributed by atoms with van der Waals surface area (Å²) in [7, 11) is -0.317. The Morgan fingerprint density at radius 2 is 1.93 bits per heavy atom. The van der Waals surface area contributed by atoms with Gasteiger partial charge in [-0.05, 0) is 29.8 Å². The molecule has 0 atom stereocenters. The fourth-order valence-electron chi connectivity index (χ4n) is 2.41. The summed E-state index contributed by atoms with van der Waals surface area (Å²) in [4.78, 5) is 4.41. The van der Waals surface area contributed by atoms with Crippen LogP contribution in [0.3, 0.4) is 0 Å². The molecule has 0 saturated heterocycles. The van der Waals surface area contributed by atoms with E-state index in [1.54, 1.807) is 25.2 Å². The van der Waals surface area contributed by atoms with Crippen LogP contribution in [0.2, 0.25) is 0 Å². The van der Waals surface area contributed by atoms with E-state index in [2.05, 4.69) is 24.9 Å². The number of aromatic nitrogens is 1. The van der Waals surface area contributed by atoms with Gasteiger partial charge in [0.05, 0.1) is 11.5 Å². The minimum atomic E-state index is -3.54. The van der Waals surface area contributed by atoms with Gasteiger partial charge in [0.2, 0.25) is 10.0 Å². The van der Waals surface area contributed by atoms with Crippen molar-refractivity contribution >= 4 is 16.0 Å². The summed E-state index contributed by atoms with van der Waals surface area (Å²) in [5.41, 5.74) is 0.845. The molecular weight excluding hydrogens is 366 g/mol. The quantitative estimate of drug-likeness (QED) is 0.315. The molecule has 2 aromatic rings. The Hall–Kier alpha value is -2.36. The van der Waals surface area contributed by atoms with Crippen molar-refractivity contribution in [2.75, 3.05) is 33.9 Å². The van der Waals surface area contributed by atoms with E-state index in [0.29, 0.717) is 19.1 Å². The molecule has 0 spiro atoms. The van der Waals surface area contributed by atoms with Crippen LogP contribution in [0.15, 0.2) is 58.7 Å². The SMILES string of the molecule is CN=C(NCCn1cccc1)NCc1cccc(S(=O)(=O)NCCOC)c1. The van der Waals surface area contributed by atoms with Crippen molar-refractivity contribution in [1.82, 2.24) is 19.9 Å². The molecule has 1 aromatic heterocycles. The van der Waals surface area contributed by atoms with Crippen molar-refractivity contribution in [3.05, 3.63) is 54.4 Å². The van der Waals surface area contributed by atoms with Gasteiger partial charge in [-0.15, -0.1) is 0 Å².